The summed E-state index contributed by atoms with van der Waals surface area (Å²) in [5, 5.41) is 6.90. The first-order valence-electron chi connectivity index (χ1n) is 6.11. The van der Waals surface area contributed by atoms with Gasteiger partial charge in [-0.05, 0) is 26.2 Å². The second kappa shape index (κ2) is 3.98. The van der Waals surface area contributed by atoms with E-state index in [2.05, 4.69) is 28.2 Å². The van der Waals surface area contributed by atoms with Crippen molar-refractivity contribution in [1.29, 1.82) is 0 Å². The monoisotopic (exact) mass is 232 g/mol. The van der Waals surface area contributed by atoms with E-state index in [9.17, 15) is 4.79 Å². The zero-order chi connectivity index (χ0) is 11.8. The zero-order valence-corrected chi connectivity index (χ0v) is 9.94. The van der Waals surface area contributed by atoms with Crippen molar-refractivity contribution in [3.63, 3.8) is 0 Å². The molecule has 1 N–H and O–H groups in total. The lowest BCUT2D eigenvalue weighted by Crippen LogP contribution is -2.35. The van der Waals surface area contributed by atoms with Crippen LogP contribution in [-0.2, 0) is 0 Å². The first-order valence-corrected chi connectivity index (χ1v) is 6.11. The third-order valence-corrected chi connectivity index (χ3v) is 3.38. The van der Waals surface area contributed by atoms with E-state index < -0.39 is 0 Å². The van der Waals surface area contributed by atoms with Crippen molar-refractivity contribution in [1.82, 2.24) is 20.1 Å². The number of aromatic amines is 1. The molecule has 0 radical (unpaired) electrons. The smallest absolute Gasteiger partial charge is 0.293 e. The third kappa shape index (κ3) is 2.09. The summed E-state index contributed by atoms with van der Waals surface area (Å²) in [6.07, 6.45) is 5.37. The lowest BCUT2D eigenvalue weighted by atomic mass is 10.1. The van der Waals surface area contributed by atoms with Crippen molar-refractivity contribution in [2.24, 2.45) is 0 Å². The van der Waals surface area contributed by atoms with E-state index in [1.54, 1.807) is 4.90 Å². The van der Waals surface area contributed by atoms with Crippen molar-refractivity contribution in [3.05, 3.63) is 23.3 Å². The van der Waals surface area contributed by atoms with Gasteiger partial charge in [-0.2, -0.15) is 0 Å². The Morgan fingerprint density at radius 2 is 2.35 bits per heavy atom. The summed E-state index contributed by atoms with van der Waals surface area (Å²) in [5.74, 6) is 1.64. The van der Waals surface area contributed by atoms with Crippen molar-refractivity contribution in [2.45, 2.75) is 32.1 Å². The number of H-pyrrole nitrogens is 1. The Hall–Kier alpha value is -1.65. The molecule has 2 heterocycles. The maximum atomic E-state index is 12.1. The fraction of sp³-hybridized carbons (Fsp3) is 0.583. The second-order valence-corrected chi connectivity index (χ2v) is 4.87. The van der Waals surface area contributed by atoms with E-state index in [4.69, 9.17) is 0 Å². The SMILES string of the molecule is CC1=CCN(C(=O)c2n[nH]c(C3CC3)n2)CC1. The molecule has 0 unspecified atom stereocenters. The highest BCUT2D eigenvalue weighted by molar-refractivity contribution is 5.90. The molecule has 0 spiro atoms. The summed E-state index contributed by atoms with van der Waals surface area (Å²) in [4.78, 5) is 18.2. The summed E-state index contributed by atoms with van der Waals surface area (Å²) in [6.45, 7) is 3.55. The topological polar surface area (TPSA) is 61.9 Å². The first kappa shape index (κ1) is 10.5. The summed E-state index contributed by atoms with van der Waals surface area (Å²) in [5.41, 5.74) is 1.35. The highest BCUT2D eigenvalue weighted by Crippen LogP contribution is 2.37. The van der Waals surface area contributed by atoms with Crippen LogP contribution in [0.1, 0.15) is 48.5 Å². The largest absolute Gasteiger partial charge is 0.332 e. The fourth-order valence-electron chi connectivity index (χ4n) is 2.01. The summed E-state index contributed by atoms with van der Waals surface area (Å²) in [6, 6.07) is 0. The molecule has 1 aromatic rings. The highest BCUT2D eigenvalue weighted by Gasteiger charge is 2.29. The molecule has 2 aliphatic rings. The van der Waals surface area contributed by atoms with Crippen LogP contribution in [0.5, 0.6) is 0 Å². The van der Waals surface area contributed by atoms with E-state index in [0.717, 1.165) is 31.6 Å². The summed E-state index contributed by atoms with van der Waals surface area (Å²) in [7, 11) is 0. The van der Waals surface area contributed by atoms with Gasteiger partial charge in [-0.3, -0.25) is 9.89 Å². The van der Waals surface area contributed by atoms with Crippen LogP contribution in [0.2, 0.25) is 0 Å². The molecule has 1 amide bonds. The quantitative estimate of drug-likeness (QED) is 0.785. The molecular formula is C12H16N4O. The molecule has 5 nitrogen and oxygen atoms in total. The van der Waals surface area contributed by atoms with Crippen LogP contribution in [0.25, 0.3) is 0 Å². The van der Waals surface area contributed by atoms with Crippen LogP contribution >= 0.6 is 0 Å². The lowest BCUT2D eigenvalue weighted by Gasteiger charge is -2.24. The number of nitrogens with zero attached hydrogens (tertiary/aromatic N) is 3. The maximum absolute atomic E-state index is 12.1. The Morgan fingerprint density at radius 3 is 3.00 bits per heavy atom. The average molecular weight is 232 g/mol. The van der Waals surface area contributed by atoms with E-state index in [1.165, 1.54) is 5.57 Å². The van der Waals surface area contributed by atoms with Gasteiger partial charge < -0.3 is 4.90 Å². The van der Waals surface area contributed by atoms with Crippen molar-refractivity contribution in [2.75, 3.05) is 13.1 Å². The molecule has 1 saturated carbocycles. The average Bonchev–Trinajstić information content (AvgIpc) is 3.07. The van der Waals surface area contributed by atoms with E-state index >= 15 is 0 Å². The predicted molar refractivity (Wildman–Crippen MR) is 62.6 cm³/mol. The molecular weight excluding hydrogens is 216 g/mol. The van der Waals surface area contributed by atoms with Gasteiger partial charge in [-0.15, -0.1) is 5.10 Å². The lowest BCUT2D eigenvalue weighted by molar-refractivity contribution is 0.0757. The van der Waals surface area contributed by atoms with Crippen LogP contribution < -0.4 is 0 Å². The fourth-order valence-corrected chi connectivity index (χ4v) is 2.01. The second-order valence-electron chi connectivity index (χ2n) is 4.87. The predicted octanol–water partition coefficient (Wildman–Crippen LogP) is 1.47. The van der Waals surface area contributed by atoms with E-state index in [-0.39, 0.29) is 5.91 Å². The minimum atomic E-state index is -0.0584. The number of carbonyl (C=O) groups is 1. The molecule has 0 saturated heterocycles. The highest BCUT2D eigenvalue weighted by atomic mass is 16.2. The summed E-state index contributed by atoms with van der Waals surface area (Å²) >= 11 is 0. The van der Waals surface area contributed by atoms with Crippen LogP contribution in [-0.4, -0.2) is 39.1 Å². The Labute approximate surface area is 99.9 Å². The molecule has 1 aliphatic carbocycles. The van der Waals surface area contributed by atoms with Gasteiger partial charge in [-0.25, -0.2) is 4.98 Å². The molecule has 1 aliphatic heterocycles. The molecule has 0 atom stereocenters. The summed E-state index contributed by atoms with van der Waals surface area (Å²) < 4.78 is 0. The number of aromatic nitrogens is 3. The number of rotatable bonds is 2. The van der Waals surface area contributed by atoms with Crippen LogP contribution in [0.4, 0.5) is 0 Å². The number of hydrogen-bond acceptors (Lipinski definition) is 3. The minimum Gasteiger partial charge on any atom is -0.332 e. The third-order valence-electron chi connectivity index (χ3n) is 3.38. The van der Waals surface area contributed by atoms with Crippen molar-refractivity contribution < 1.29 is 4.79 Å². The Bertz CT molecular complexity index is 473. The molecule has 1 fully saturated rings. The molecule has 90 valence electrons. The number of carbonyl (C=O) groups excluding carboxylic acids is 1. The maximum Gasteiger partial charge on any atom is 0.293 e. The normalized spacial score (nSPS) is 20.3. The Balaban J connectivity index is 1.72. The molecule has 5 heteroatoms. The standard InChI is InChI=1S/C12H16N4O/c1-8-4-6-16(7-5-8)12(17)11-13-10(14-15-11)9-2-3-9/h4,9H,2-3,5-7H2,1H3,(H,13,14,15). The van der Waals surface area contributed by atoms with Gasteiger partial charge in [0, 0.05) is 19.0 Å². The molecule has 1 aromatic heterocycles. The molecule has 0 aromatic carbocycles. The Kier molecular flexibility index (Phi) is 2.46. The van der Waals surface area contributed by atoms with Crippen molar-refractivity contribution in [3.8, 4) is 0 Å². The van der Waals surface area contributed by atoms with Crippen LogP contribution in [0.15, 0.2) is 11.6 Å². The van der Waals surface area contributed by atoms with Crippen LogP contribution in [0, 0.1) is 0 Å². The molecule has 0 bridgehead atoms. The van der Waals surface area contributed by atoms with Gasteiger partial charge in [0.25, 0.3) is 5.91 Å². The molecule has 3 rings (SSSR count). The Morgan fingerprint density at radius 1 is 1.53 bits per heavy atom. The van der Waals surface area contributed by atoms with Gasteiger partial charge in [-0.1, -0.05) is 11.6 Å². The van der Waals surface area contributed by atoms with Gasteiger partial charge >= 0.3 is 0 Å². The molecule has 17 heavy (non-hydrogen) atoms. The van der Waals surface area contributed by atoms with Crippen LogP contribution in [0.3, 0.4) is 0 Å². The van der Waals surface area contributed by atoms with Crippen molar-refractivity contribution >= 4 is 5.91 Å². The van der Waals surface area contributed by atoms with Gasteiger partial charge in [0.2, 0.25) is 5.82 Å². The van der Waals surface area contributed by atoms with Gasteiger partial charge in [0.15, 0.2) is 0 Å². The van der Waals surface area contributed by atoms with Gasteiger partial charge in [0.05, 0.1) is 0 Å². The number of hydrogen-bond donors (Lipinski definition) is 1. The minimum absolute atomic E-state index is 0.0584. The number of nitrogens with one attached hydrogen (secondary N) is 1. The number of amides is 1. The first-order chi connectivity index (χ1) is 8.24. The van der Waals surface area contributed by atoms with Gasteiger partial charge in [0.1, 0.15) is 5.82 Å². The zero-order valence-electron chi connectivity index (χ0n) is 9.94. The van der Waals surface area contributed by atoms with E-state index in [1.807, 2.05) is 0 Å². The van der Waals surface area contributed by atoms with E-state index in [0.29, 0.717) is 18.3 Å².